The Labute approximate surface area is 97.5 Å². The molecule has 0 aliphatic heterocycles. The van der Waals surface area contributed by atoms with Gasteiger partial charge in [0.1, 0.15) is 0 Å². The van der Waals surface area contributed by atoms with Gasteiger partial charge in [-0.25, -0.2) is 10.6 Å². The molecule has 4 nitrogen and oxygen atoms in total. The second kappa shape index (κ2) is 5.14. The number of nitrogens with one attached hydrogen (secondary N) is 1. The fourth-order valence-electron chi connectivity index (χ4n) is 1.25. The van der Waals surface area contributed by atoms with E-state index in [-0.39, 0.29) is 6.03 Å². The molecule has 0 aliphatic rings. The highest BCUT2D eigenvalue weighted by molar-refractivity contribution is 9.10. The number of benzene rings is 1. The van der Waals surface area contributed by atoms with Crippen LogP contribution in [0.5, 0.6) is 0 Å². The first-order valence-electron chi connectivity index (χ1n) is 4.51. The summed E-state index contributed by atoms with van der Waals surface area (Å²) in [6, 6.07) is 5.68. The number of hydrazine groups is 1. The van der Waals surface area contributed by atoms with Crippen molar-refractivity contribution in [2.24, 2.45) is 5.84 Å². The van der Waals surface area contributed by atoms with E-state index in [1.165, 1.54) is 4.90 Å². The standard InChI is InChI=1S/C10H14BrN3O/c1-7-3-4-9(11)5-8(7)6-14(2)10(15)13-12/h3-5H,6,12H2,1-2H3,(H,13,15). The van der Waals surface area contributed by atoms with Gasteiger partial charge in [0.15, 0.2) is 0 Å². The van der Waals surface area contributed by atoms with E-state index in [2.05, 4.69) is 21.4 Å². The normalized spacial score (nSPS) is 9.87. The summed E-state index contributed by atoms with van der Waals surface area (Å²) in [6.07, 6.45) is 0. The number of hydrogen-bond acceptors (Lipinski definition) is 2. The topological polar surface area (TPSA) is 58.4 Å². The summed E-state index contributed by atoms with van der Waals surface area (Å²) in [5, 5.41) is 0. The van der Waals surface area contributed by atoms with E-state index in [0.717, 1.165) is 15.6 Å². The summed E-state index contributed by atoms with van der Waals surface area (Å²) in [6.45, 7) is 2.55. The van der Waals surface area contributed by atoms with Crippen molar-refractivity contribution < 1.29 is 4.79 Å². The van der Waals surface area contributed by atoms with E-state index in [0.29, 0.717) is 6.54 Å². The molecule has 0 unspecified atom stereocenters. The quantitative estimate of drug-likeness (QED) is 0.489. The van der Waals surface area contributed by atoms with E-state index in [1.807, 2.05) is 25.1 Å². The van der Waals surface area contributed by atoms with Gasteiger partial charge in [0.2, 0.25) is 0 Å². The molecule has 0 saturated carbocycles. The number of amides is 2. The fraction of sp³-hybridized carbons (Fsp3) is 0.300. The van der Waals surface area contributed by atoms with Gasteiger partial charge in [0.25, 0.3) is 0 Å². The predicted molar refractivity (Wildman–Crippen MR) is 63.1 cm³/mol. The number of rotatable bonds is 2. The highest BCUT2D eigenvalue weighted by Crippen LogP contribution is 2.17. The number of nitrogens with zero attached hydrogens (tertiary/aromatic N) is 1. The summed E-state index contributed by atoms with van der Waals surface area (Å²) in [5.41, 5.74) is 4.34. The van der Waals surface area contributed by atoms with Gasteiger partial charge in [0, 0.05) is 18.1 Å². The Balaban J connectivity index is 2.80. The maximum atomic E-state index is 11.2. The van der Waals surface area contributed by atoms with Crippen LogP contribution in [0, 0.1) is 6.92 Å². The van der Waals surface area contributed by atoms with Crippen LogP contribution in [0.15, 0.2) is 22.7 Å². The van der Waals surface area contributed by atoms with Crippen LogP contribution in [-0.4, -0.2) is 18.0 Å². The van der Waals surface area contributed by atoms with Crippen LogP contribution < -0.4 is 11.3 Å². The molecule has 2 amide bonds. The Morgan fingerprint density at radius 2 is 2.27 bits per heavy atom. The van der Waals surface area contributed by atoms with Crippen molar-refractivity contribution in [1.29, 1.82) is 0 Å². The molecule has 0 bridgehead atoms. The van der Waals surface area contributed by atoms with Crippen molar-refractivity contribution in [3.63, 3.8) is 0 Å². The molecule has 0 saturated heterocycles. The van der Waals surface area contributed by atoms with Crippen molar-refractivity contribution in [3.05, 3.63) is 33.8 Å². The second-order valence-electron chi connectivity index (χ2n) is 3.38. The van der Waals surface area contributed by atoms with Crippen molar-refractivity contribution >= 4 is 22.0 Å². The molecule has 0 aromatic heterocycles. The van der Waals surface area contributed by atoms with Gasteiger partial charge in [-0.15, -0.1) is 0 Å². The SMILES string of the molecule is Cc1ccc(Br)cc1CN(C)C(=O)NN. The van der Waals surface area contributed by atoms with Crippen molar-refractivity contribution in [2.45, 2.75) is 13.5 Å². The third kappa shape index (κ3) is 3.21. The number of halogens is 1. The van der Waals surface area contributed by atoms with Crippen molar-refractivity contribution in [3.8, 4) is 0 Å². The minimum Gasteiger partial charge on any atom is -0.322 e. The summed E-state index contributed by atoms with van der Waals surface area (Å²) in [4.78, 5) is 12.7. The van der Waals surface area contributed by atoms with E-state index in [1.54, 1.807) is 7.05 Å². The maximum Gasteiger partial charge on any atom is 0.331 e. The second-order valence-corrected chi connectivity index (χ2v) is 4.29. The molecule has 3 N–H and O–H groups in total. The first kappa shape index (κ1) is 12.0. The number of hydrogen-bond donors (Lipinski definition) is 2. The Morgan fingerprint density at radius 3 is 2.87 bits per heavy atom. The highest BCUT2D eigenvalue weighted by Gasteiger charge is 2.08. The lowest BCUT2D eigenvalue weighted by Crippen LogP contribution is -2.40. The average molecular weight is 272 g/mol. The van der Waals surface area contributed by atoms with E-state index >= 15 is 0 Å². The van der Waals surface area contributed by atoms with E-state index in [4.69, 9.17) is 5.84 Å². The predicted octanol–water partition coefficient (Wildman–Crippen LogP) is 1.77. The summed E-state index contributed by atoms with van der Waals surface area (Å²) in [5.74, 6) is 5.04. The summed E-state index contributed by atoms with van der Waals surface area (Å²) in [7, 11) is 1.70. The van der Waals surface area contributed by atoms with Gasteiger partial charge in [-0.2, -0.15) is 0 Å². The third-order valence-corrected chi connectivity index (χ3v) is 2.68. The zero-order chi connectivity index (χ0) is 11.4. The van der Waals surface area contributed by atoms with E-state index in [9.17, 15) is 4.79 Å². The Kier molecular flexibility index (Phi) is 4.11. The smallest absolute Gasteiger partial charge is 0.322 e. The molecule has 5 heteroatoms. The molecule has 0 spiro atoms. The molecule has 0 fully saturated rings. The average Bonchev–Trinajstić information content (AvgIpc) is 2.22. The molecule has 0 heterocycles. The lowest BCUT2D eigenvalue weighted by atomic mass is 10.1. The molecule has 1 aromatic carbocycles. The first-order chi connectivity index (χ1) is 7.04. The number of nitrogens with two attached hydrogens (primary N) is 1. The fourth-order valence-corrected chi connectivity index (χ4v) is 1.66. The molecule has 1 aromatic rings. The summed E-state index contributed by atoms with van der Waals surface area (Å²) >= 11 is 3.40. The van der Waals surface area contributed by atoms with Crippen LogP contribution >= 0.6 is 15.9 Å². The van der Waals surface area contributed by atoms with Crippen LogP contribution in [-0.2, 0) is 6.54 Å². The maximum absolute atomic E-state index is 11.2. The Hall–Kier alpha value is -1.07. The van der Waals surface area contributed by atoms with Gasteiger partial charge >= 0.3 is 6.03 Å². The highest BCUT2D eigenvalue weighted by atomic mass is 79.9. The molecule has 0 atom stereocenters. The van der Waals surface area contributed by atoms with Gasteiger partial charge in [-0.05, 0) is 30.2 Å². The Bertz CT molecular complexity index is 368. The monoisotopic (exact) mass is 271 g/mol. The van der Waals surface area contributed by atoms with Crippen LogP contribution in [0.1, 0.15) is 11.1 Å². The van der Waals surface area contributed by atoms with Gasteiger partial charge < -0.3 is 4.90 Å². The number of urea groups is 1. The molecule has 0 aliphatic carbocycles. The van der Waals surface area contributed by atoms with Crippen LogP contribution in [0.3, 0.4) is 0 Å². The molecule has 15 heavy (non-hydrogen) atoms. The molecular weight excluding hydrogens is 258 g/mol. The first-order valence-corrected chi connectivity index (χ1v) is 5.30. The van der Waals surface area contributed by atoms with Crippen LogP contribution in [0.2, 0.25) is 0 Å². The number of carbonyl (C=O) groups excluding carboxylic acids is 1. The minimum absolute atomic E-state index is 0.297. The van der Waals surface area contributed by atoms with Crippen LogP contribution in [0.25, 0.3) is 0 Å². The van der Waals surface area contributed by atoms with Gasteiger partial charge in [0.05, 0.1) is 0 Å². The van der Waals surface area contributed by atoms with Crippen LogP contribution in [0.4, 0.5) is 4.79 Å². The lowest BCUT2D eigenvalue weighted by Gasteiger charge is -2.17. The molecule has 1 rings (SSSR count). The number of aryl methyl sites for hydroxylation is 1. The summed E-state index contributed by atoms with van der Waals surface area (Å²) < 4.78 is 1.00. The van der Waals surface area contributed by atoms with E-state index < -0.39 is 0 Å². The number of carbonyl (C=O) groups is 1. The minimum atomic E-state index is -0.297. The molecule has 82 valence electrons. The van der Waals surface area contributed by atoms with Crippen molar-refractivity contribution in [2.75, 3.05) is 7.05 Å². The zero-order valence-electron chi connectivity index (χ0n) is 8.75. The lowest BCUT2D eigenvalue weighted by molar-refractivity contribution is 0.207. The largest absolute Gasteiger partial charge is 0.331 e. The third-order valence-electron chi connectivity index (χ3n) is 2.19. The van der Waals surface area contributed by atoms with Gasteiger partial charge in [-0.3, -0.25) is 5.43 Å². The molecule has 0 radical (unpaired) electrons. The van der Waals surface area contributed by atoms with Gasteiger partial charge in [-0.1, -0.05) is 22.0 Å². The van der Waals surface area contributed by atoms with Crippen molar-refractivity contribution in [1.82, 2.24) is 10.3 Å². The zero-order valence-corrected chi connectivity index (χ0v) is 10.3. The molecular formula is C10H14BrN3O. The Morgan fingerprint density at radius 1 is 1.60 bits per heavy atom.